The molecule has 0 amide bonds. The van der Waals surface area contributed by atoms with E-state index < -0.39 is 21.4 Å². The lowest BCUT2D eigenvalue weighted by atomic mass is 10.2. The fourth-order valence-corrected chi connectivity index (χ4v) is 2.69. The van der Waals surface area contributed by atoms with Crippen molar-refractivity contribution < 1.29 is 18.1 Å². The van der Waals surface area contributed by atoms with Crippen molar-refractivity contribution in [2.24, 2.45) is 0 Å². The quantitative estimate of drug-likeness (QED) is 0.775. The summed E-state index contributed by atoms with van der Waals surface area (Å²) in [6.07, 6.45) is -0.378. The van der Waals surface area contributed by atoms with Crippen molar-refractivity contribution >= 4 is 9.73 Å². The zero-order valence-corrected chi connectivity index (χ0v) is 10.1. The van der Waals surface area contributed by atoms with Gasteiger partial charge in [0.25, 0.3) is 0 Å². The summed E-state index contributed by atoms with van der Waals surface area (Å²) in [5.41, 5.74) is 0. The molecule has 0 aliphatic heterocycles. The third kappa shape index (κ3) is 3.23. The molecule has 1 rings (SSSR count). The molecule has 1 aromatic carbocycles. The Morgan fingerprint density at radius 1 is 1.24 bits per heavy atom. The minimum absolute atomic E-state index is 0.0478. The van der Waals surface area contributed by atoms with Crippen molar-refractivity contribution in [3.8, 4) is 0 Å². The van der Waals surface area contributed by atoms with Gasteiger partial charge in [-0.3, -0.25) is 0 Å². The SMILES string of the molecule is N=S(=O)(c1ccccc1)C(F)(F)CCCCO. The summed E-state index contributed by atoms with van der Waals surface area (Å²) in [5.74, 6) is 0. The van der Waals surface area contributed by atoms with Gasteiger partial charge in [-0.15, -0.1) is 0 Å². The van der Waals surface area contributed by atoms with Gasteiger partial charge in [-0.1, -0.05) is 18.2 Å². The van der Waals surface area contributed by atoms with Crippen molar-refractivity contribution in [1.82, 2.24) is 0 Å². The van der Waals surface area contributed by atoms with E-state index in [0.29, 0.717) is 0 Å². The summed E-state index contributed by atoms with van der Waals surface area (Å²) in [6, 6.07) is 7.12. The van der Waals surface area contributed by atoms with E-state index in [4.69, 9.17) is 9.89 Å². The Bertz CT molecular complexity index is 446. The molecule has 0 fully saturated rings. The van der Waals surface area contributed by atoms with Crippen LogP contribution in [0.4, 0.5) is 8.78 Å². The molecule has 3 nitrogen and oxygen atoms in total. The molecule has 0 spiro atoms. The molecule has 6 heteroatoms. The van der Waals surface area contributed by atoms with E-state index in [1.807, 2.05) is 0 Å². The molecule has 0 aliphatic rings. The Hall–Kier alpha value is -1.01. The summed E-state index contributed by atoms with van der Waals surface area (Å²) >= 11 is 0. The molecule has 2 N–H and O–H groups in total. The van der Waals surface area contributed by atoms with E-state index in [1.165, 1.54) is 24.3 Å². The first-order chi connectivity index (χ1) is 7.92. The second kappa shape index (κ2) is 5.55. The molecule has 0 heterocycles. The van der Waals surface area contributed by atoms with Crippen molar-refractivity contribution in [2.45, 2.75) is 29.4 Å². The molecular formula is C11H15F2NO2S. The van der Waals surface area contributed by atoms with Crippen LogP contribution in [0.25, 0.3) is 0 Å². The number of aliphatic hydroxyl groups is 1. The molecule has 0 saturated heterocycles. The van der Waals surface area contributed by atoms with Crippen LogP contribution >= 0.6 is 0 Å². The van der Waals surface area contributed by atoms with E-state index in [9.17, 15) is 13.0 Å². The van der Waals surface area contributed by atoms with Crippen molar-refractivity contribution in [2.75, 3.05) is 6.61 Å². The van der Waals surface area contributed by atoms with Crippen LogP contribution in [0.5, 0.6) is 0 Å². The predicted octanol–water partition coefficient (Wildman–Crippen LogP) is 2.85. The van der Waals surface area contributed by atoms with Crippen LogP contribution in [0.1, 0.15) is 19.3 Å². The molecule has 0 aromatic heterocycles. The number of benzene rings is 1. The Kier molecular flexibility index (Phi) is 4.59. The van der Waals surface area contributed by atoms with E-state index in [0.717, 1.165) is 0 Å². The maximum atomic E-state index is 13.7. The van der Waals surface area contributed by atoms with Crippen LogP contribution in [0.2, 0.25) is 0 Å². The number of rotatable bonds is 6. The van der Waals surface area contributed by atoms with Gasteiger partial charge >= 0.3 is 5.25 Å². The van der Waals surface area contributed by atoms with Crippen molar-refractivity contribution in [3.05, 3.63) is 30.3 Å². The minimum atomic E-state index is -4.13. The standard InChI is InChI=1S/C11H15F2NO2S/c12-11(13,8-4-5-9-15)17(14,16)10-6-2-1-3-7-10/h1-3,6-7,14-15H,4-5,8-9H2. The van der Waals surface area contributed by atoms with Gasteiger partial charge in [0.1, 0.15) is 9.73 Å². The second-order valence-corrected chi connectivity index (χ2v) is 5.87. The van der Waals surface area contributed by atoms with E-state index >= 15 is 0 Å². The summed E-state index contributed by atoms with van der Waals surface area (Å²) in [6.45, 7) is -0.180. The fraction of sp³-hybridized carbons (Fsp3) is 0.455. The molecule has 1 atom stereocenters. The summed E-state index contributed by atoms with van der Waals surface area (Å²) < 4.78 is 46.6. The van der Waals surface area contributed by atoms with Crippen LogP contribution in [0.15, 0.2) is 35.2 Å². The van der Waals surface area contributed by atoms with Gasteiger partial charge in [-0.2, -0.15) is 8.78 Å². The molecule has 0 bridgehead atoms. The minimum Gasteiger partial charge on any atom is -0.396 e. The predicted molar refractivity (Wildman–Crippen MR) is 61.5 cm³/mol. The Morgan fingerprint density at radius 2 is 1.82 bits per heavy atom. The molecule has 1 aromatic rings. The monoisotopic (exact) mass is 263 g/mol. The number of hydrogen-bond acceptors (Lipinski definition) is 3. The van der Waals surface area contributed by atoms with Crippen molar-refractivity contribution in [3.63, 3.8) is 0 Å². The van der Waals surface area contributed by atoms with Crippen LogP contribution in [0.3, 0.4) is 0 Å². The number of alkyl halides is 2. The Labute approximate surface area is 99.4 Å². The number of hydrogen-bond donors (Lipinski definition) is 2. The average Bonchev–Trinajstić information content (AvgIpc) is 2.30. The molecule has 0 radical (unpaired) electrons. The van der Waals surface area contributed by atoms with Gasteiger partial charge in [0, 0.05) is 13.0 Å². The van der Waals surface area contributed by atoms with Gasteiger partial charge in [0.05, 0.1) is 4.90 Å². The third-order valence-corrected chi connectivity index (χ3v) is 4.35. The van der Waals surface area contributed by atoms with Crippen LogP contribution in [-0.2, 0) is 9.73 Å². The summed E-state index contributed by atoms with van der Waals surface area (Å²) in [7, 11) is -4.13. The zero-order valence-electron chi connectivity index (χ0n) is 9.23. The first-order valence-electron chi connectivity index (χ1n) is 5.24. The summed E-state index contributed by atoms with van der Waals surface area (Å²) in [5, 5.41) is 4.95. The van der Waals surface area contributed by atoms with E-state index in [-0.39, 0.29) is 24.3 Å². The number of unbranched alkanes of at least 4 members (excludes halogenated alkanes) is 1. The van der Waals surface area contributed by atoms with E-state index in [1.54, 1.807) is 6.07 Å². The largest absolute Gasteiger partial charge is 0.396 e. The highest BCUT2D eigenvalue weighted by Gasteiger charge is 2.41. The van der Waals surface area contributed by atoms with Gasteiger partial charge in [0.2, 0.25) is 0 Å². The first-order valence-corrected chi connectivity index (χ1v) is 6.80. The van der Waals surface area contributed by atoms with Crippen molar-refractivity contribution in [1.29, 1.82) is 4.78 Å². The number of nitrogens with one attached hydrogen (secondary N) is 1. The first kappa shape index (κ1) is 14.1. The lowest BCUT2D eigenvalue weighted by Crippen LogP contribution is -2.27. The lowest BCUT2D eigenvalue weighted by molar-refractivity contribution is 0.0812. The third-order valence-electron chi connectivity index (χ3n) is 2.37. The van der Waals surface area contributed by atoms with Crippen LogP contribution in [-0.4, -0.2) is 21.2 Å². The highest BCUT2D eigenvalue weighted by Crippen LogP contribution is 2.33. The Balaban J connectivity index is 2.90. The molecule has 17 heavy (non-hydrogen) atoms. The highest BCUT2D eigenvalue weighted by molar-refractivity contribution is 7.93. The molecular weight excluding hydrogens is 248 g/mol. The Morgan fingerprint density at radius 3 is 2.35 bits per heavy atom. The van der Waals surface area contributed by atoms with Gasteiger partial charge < -0.3 is 5.11 Å². The zero-order chi connectivity index (χ0) is 12.9. The van der Waals surface area contributed by atoms with Crippen LogP contribution < -0.4 is 0 Å². The molecule has 1 unspecified atom stereocenters. The lowest BCUT2D eigenvalue weighted by Gasteiger charge is -2.19. The normalized spacial score (nSPS) is 15.5. The molecule has 96 valence electrons. The fourth-order valence-electron chi connectivity index (χ4n) is 1.37. The van der Waals surface area contributed by atoms with Crippen LogP contribution in [0, 0.1) is 4.78 Å². The van der Waals surface area contributed by atoms with Gasteiger partial charge in [-0.25, -0.2) is 8.99 Å². The maximum Gasteiger partial charge on any atom is 0.332 e. The molecule has 0 saturated carbocycles. The summed E-state index contributed by atoms with van der Waals surface area (Å²) in [4.78, 5) is -0.158. The second-order valence-electron chi connectivity index (χ2n) is 3.69. The number of aliphatic hydroxyl groups excluding tert-OH is 1. The molecule has 0 aliphatic carbocycles. The maximum absolute atomic E-state index is 13.7. The number of halogens is 2. The average molecular weight is 263 g/mol. The van der Waals surface area contributed by atoms with Gasteiger partial charge in [-0.05, 0) is 25.0 Å². The van der Waals surface area contributed by atoms with E-state index in [2.05, 4.69) is 0 Å². The smallest absolute Gasteiger partial charge is 0.332 e. The highest BCUT2D eigenvalue weighted by atomic mass is 32.2. The topological polar surface area (TPSA) is 61.2 Å². The van der Waals surface area contributed by atoms with Gasteiger partial charge in [0.15, 0.2) is 0 Å².